The second-order valence-corrected chi connectivity index (χ2v) is 5.39. The number of fused-ring (bicyclic) bond motifs is 1. The van der Waals surface area contributed by atoms with Crippen LogP contribution in [0.5, 0.6) is 0 Å². The summed E-state index contributed by atoms with van der Waals surface area (Å²) in [6.45, 7) is 0.962. The molecule has 1 aliphatic heterocycles. The van der Waals surface area contributed by atoms with Crippen molar-refractivity contribution in [2.75, 3.05) is 13.2 Å². The first-order valence-electron chi connectivity index (χ1n) is 7.43. The second-order valence-electron chi connectivity index (χ2n) is 5.39. The SMILES string of the molecule is O=C(c1cccc2nccnc12)N1CCCC1CCCO. The molecule has 21 heavy (non-hydrogen) atoms. The van der Waals surface area contributed by atoms with E-state index in [1.54, 1.807) is 12.4 Å². The van der Waals surface area contributed by atoms with Crippen molar-refractivity contribution in [3.8, 4) is 0 Å². The fourth-order valence-corrected chi connectivity index (χ4v) is 3.05. The van der Waals surface area contributed by atoms with Gasteiger partial charge in [0.15, 0.2) is 0 Å². The summed E-state index contributed by atoms with van der Waals surface area (Å²) in [7, 11) is 0. The van der Waals surface area contributed by atoms with Gasteiger partial charge in [-0.15, -0.1) is 0 Å². The summed E-state index contributed by atoms with van der Waals surface area (Å²) < 4.78 is 0. The molecule has 1 aliphatic rings. The molecule has 1 fully saturated rings. The predicted octanol–water partition coefficient (Wildman–Crippen LogP) is 2.01. The molecule has 1 N–H and O–H groups in total. The largest absolute Gasteiger partial charge is 0.396 e. The molecule has 1 atom stereocenters. The summed E-state index contributed by atoms with van der Waals surface area (Å²) in [5, 5.41) is 8.99. The van der Waals surface area contributed by atoms with Gasteiger partial charge in [0.1, 0.15) is 5.52 Å². The molecule has 3 rings (SSSR count). The van der Waals surface area contributed by atoms with Crippen molar-refractivity contribution in [3.63, 3.8) is 0 Å². The van der Waals surface area contributed by atoms with Gasteiger partial charge in [-0.1, -0.05) is 6.07 Å². The van der Waals surface area contributed by atoms with Crippen LogP contribution < -0.4 is 0 Å². The van der Waals surface area contributed by atoms with E-state index in [0.29, 0.717) is 11.1 Å². The Morgan fingerprint density at radius 2 is 2.19 bits per heavy atom. The topological polar surface area (TPSA) is 66.3 Å². The number of benzene rings is 1. The van der Waals surface area contributed by atoms with Crippen LogP contribution in [0, 0.1) is 0 Å². The van der Waals surface area contributed by atoms with Crippen molar-refractivity contribution in [3.05, 3.63) is 36.2 Å². The Hall–Kier alpha value is -2.01. The average Bonchev–Trinajstić information content (AvgIpc) is 3.00. The fraction of sp³-hybridized carbons (Fsp3) is 0.438. The van der Waals surface area contributed by atoms with Gasteiger partial charge in [0.25, 0.3) is 5.91 Å². The lowest BCUT2D eigenvalue weighted by molar-refractivity contribution is 0.0726. The number of para-hydroxylation sites is 1. The number of aliphatic hydroxyl groups is 1. The number of hydrogen-bond acceptors (Lipinski definition) is 4. The van der Waals surface area contributed by atoms with E-state index in [-0.39, 0.29) is 18.6 Å². The summed E-state index contributed by atoms with van der Waals surface area (Å²) >= 11 is 0. The van der Waals surface area contributed by atoms with Crippen LogP contribution in [-0.4, -0.2) is 45.1 Å². The van der Waals surface area contributed by atoms with Crippen molar-refractivity contribution in [2.24, 2.45) is 0 Å². The highest BCUT2D eigenvalue weighted by atomic mass is 16.3. The lowest BCUT2D eigenvalue weighted by Crippen LogP contribution is -2.35. The van der Waals surface area contributed by atoms with E-state index in [1.807, 2.05) is 23.1 Å². The Morgan fingerprint density at radius 1 is 1.33 bits per heavy atom. The van der Waals surface area contributed by atoms with Gasteiger partial charge in [-0.3, -0.25) is 14.8 Å². The minimum absolute atomic E-state index is 0.0292. The Morgan fingerprint density at radius 3 is 3.05 bits per heavy atom. The Kier molecular flexibility index (Phi) is 4.10. The van der Waals surface area contributed by atoms with Crippen LogP contribution in [0.3, 0.4) is 0 Å². The molecule has 0 bridgehead atoms. The average molecular weight is 285 g/mol. The maximum Gasteiger partial charge on any atom is 0.256 e. The van der Waals surface area contributed by atoms with Gasteiger partial charge in [0.2, 0.25) is 0 Å². The molecule has 1 aromatic carbocycles. The predicted molar refractivity (Wildman–Crippen MR) is 79.9 cm³/mol. The van der Waals surface area contributed by atoms with E-state index in [9.17, 15) is 4.79 Å². The quantitative estimate of drug-likeness (QED) is 0.933. The molecular weight excluding hydrogens is 266 g/mol. The third kappa shape index (κ3) is 2.74. The van der Waals surface area contributed by atoms with E-state index < -0.39 is 0 Å². The van der Waals surface area contributed by atoms with Crippen LogP contribution in [0.4, 0.5) is 0 Å². The molecule has 1 amide bonds. The van der Waals surface area contributed by atoms with Gasteiger partial charge in [0, 0.05) is 31.6 Å². The van der Waals surface area contributed by atoms with Crippen molar-refractivity contribution >= 4 is 16.9 Å². The van der Waals surface area contributed by atoms with Crippen molar-refractivity contribution in [1.82, 2.24) is 14.9 Å². The number of hydrogen-bond donors (Lipinski definition) is 1. The molecule has 1 saturated heterocycles. The number of nitrogens with zero attached hydrogens (tertiary/aromatic N) is 3. The molecule has 0 radical (unpaired) electrons. The molecule has 5 heteroatoms. The summed E-state index contributed by atoms with van der Waals surface area (Å²) in [6, 6.07) is 5.77. The minimum Gasteiger partial charge on any atom is -0.396 e. The molecule has 0 aliphatic carbocycles. The third-order valence-electron chi connectivity index (χ3n) is 4.06. The van der Waals surface area contributed by atoms with Crippen LogP contribution in [-0.2, 0) is 0 Å². The normalized spacial score (nSPS) is 18.3. The lowest BCUT2D eigenvalue weighted by Gasteiger charge is -2.25. The third-order valence-corrected chi connectivity index (χ3v) is 4.06. The van der Waals surface area contributed by atoms with E-state index in [1.165, 1.54) is 0 Å². The number of rotatable bonds is 4. The molecule has 0 saturated carbocycles. The van der Waals surface area contributed by atoms with Gasteiger partial charge < -0.3 is 10.0 Å². The number of carbonyl (C=O) groups excluding carboxylic acids is 1. The van der Waals surface area contributed by atoms with Crippen LogP contribution in [0.2, 0.25) is 0 Å². The Bertz CT molecular complexity index is 639. The Balaban J connectivity index is 1.89. The van der Waals surface area contributed by atoms with Crippen LogP contribution >= 0.6 is 0 Å². The number of amides is 1. The van der Waals surface area contributed by atoms with E-state index in [2.05, 4.69) is 9.97 Å². The number of likely N-dealkylation sites (tertiary alicyclic amines) is 1. The minimum atomic E-state index is 0.0292. The molecule has 1 unspecified atom stereocenters. The van der Waals surface area contributed by atoms with Gasteiger partial charge in [-0.05, 0) is 37.8 Å². The zero-order valence-electron chi connectivity index (χ0n) is 11.9. The van der Waals surface area contributed by atoms with Crippen LogP contribution in [0.15, 0.2) is 30.6 Å². The molecule has 5 nitrogen and oxygen atoms in total. The first kappa shape index (κ1) is 13.9. The summed E-state index contributed by atoms with van der Waals surface area (Å²) in [6.07, 6.45) is 6.89. The lowest BCUT2D eigenvalue weighted by atomic mass is 10.1. The van der Waals surface area contributed by atoms with Gasteiger partial charge in [-0.2, -0.15) is 0 Å². The van der Waals surface area contributed by atoms with Gasteiger partial charge in [0.05, 0.1) is 11.1 Å². The molecule has 1 aromatic heterocycles. The van der Waals surface area contributed by atoms with E-state index in [4.69, 9.17) is 5.11 Å². The number of aromatic nitrogens is 2. The highest BCUT2D eigenvalue weighted by molar-refractivity contribution is 6.04. The first-order chi connectivity index (χ1) is 10.3. The summed E-state index contributed by atoms with van der Waals surface area (Å²) in [4.78, 5) is 23.3. The standard InChI is InChI=1S/C16H19N3O2/c20-11-3-5-12-4-2-10-19(12)16(21)13-6-1-7-14-15(13)18-9-8-17-14/h1,6-9,12,20H,2-5,10-11H2. The highest BCUT2D eigenvalue weighted by Crippen LogP contribution is 2.25. The van der Waals surface area contributed by atoms with Gasteiger partial charge in [-0.25, -0.2) is 0 Å². The number of carbonyl (C=O) groups is 1. The van der Waals surface area contributed by atoms with E-state index in [0.717, 1.165) is 37.7 Å². The van der Waals surface area contributed by atoms with Crippen LogP contribution in [0.25, 0.3) is 11.0 Å². The molecule has 2 aromatic rings. The monoisotopic (exact) mass is 285 g/mol. The summed E-state index contributed by atoms with van der Waals surface area (Å²) in [5.41, 5.74) is 2.03. The molecule has 110 valence electrons. The summed E-state index contributed by atoms with van der Waals surface area (Å²) in [5.74, 6) is 0.0292. The van der Waals surface area contributed by atoms with Gasteiger partial charge >= 0.3 is 0 Å². The zero-order valence-corrected chi connectivity index (χ0v) is 11.9. The zero-order chi connectivity index (χ0) is 14.7. The fourth-order valence-electron chi connectivity index (χ4n) is 3.05. The Labute approximate surface area is 123 Å². The van der Waals surface area contributed by atoms with E-state index >= 15 is 0 Å². The first-order valence-corrected chi connectivity index (χ1v) is 7.43. The maximum absolute atomic E-state index is 12.8. The molecule has 2 heterocycles. The maximum atomic E-state index is 12.8. The molecular formula is C16H19N3O2. The smallest absolute Gasteiger partial charge is 0.256 e. The highest BCUT2D eigenvalue weighted by Gasteiger charge is 2.29. The number of aliphatic hydroxyl groups excluding tert-OH is 1. The van der Waals surface area contributed by atoms with Crippen molar-refractivity contribution < 1.29 is 9.90 Å². The molecule has 0 spiro atoms. The van der Waals surface area contributed by atoms with Crippen LogP contribution in [0.1, 0.15) is 36.0 Å². The van der Waals surface area contributed by atoms with Crippen molar-refractivity contribution in [1.29, 1.82) is 0 Å². The second kappa shape index (κ2) is 6.18. The van der Waals surface area contributed by atoms with Crippen molar-refractivity contribution in [2.45, 2.75) is 31.7 Å².